The summed E-state index contributed by atoms with van der Waals surface area (Å²) in [6.07, 6.45) is 3.31. The van der Waals surface area contributed by atoms with Gasteiger partial charge in [-0.05, 0) is 44.7 Å². The monoisotopic (exact) mass is 266 g/mol. The van der Waals surface area contributed by atoms with Crippen molar-refractivity contribution in [2.75, 3.05) is 6.61 Å². The summed E-state index contributed by atoms with van der Waals surface area (Å²) in [5.41, 5.74) is 2.39. The molecular formula is C12H15ClN4O. The Hall–Kier alpha value is -1.20. The van der Waals surface area contributed by atoms with E-state index >= 15 is 0 Å². The van der Waals surface area contributed by atoms with Crippen molar-refractivity contribution >= 4 is 22.8 Å². The lowest BCUT2D eigenvalue weighted by Crippen LogP contribution is -2.19. The SMILES string of the molecule is Cc1nc(Cl)nc2c1nc(C)n2C1CCCCO1. The molecule has 1 aliphatic heterocycles. The fourth-order valence-electron chi connectivity index (χ4n) is 2.46. The number of hydrogen-bond acceptors (Lipinski definition) is 4. The van der Waals surface area contributed by atoms with E-state index in [4.69, 9.17) is 16.3 Å². The zero-order valence-electron chi connectivity index (χ0n) is 10.5. The number of aromatic nitrogens is 4. The van der Waals surface area contributed by atoms with Crippen LogP contribution in [0.15, 0.2) is 0 Å². The molecule has 3 heterocycles. The van der Waals surface area contributed by atoms with Gasteiger partial charge in [0, 0.05) is 6.61 Å². The molecule has 1 atom stereocenters. The Balaban J connectivity index is 2.18. The first-order chi connectivity index (χ1) is 8.66. The predicted octanol–water partition coefficient (Wildman–Crippen LogP) is 2.80. The average molecular weight is 267 g/mol. The zero-order chi connectivity index (χ0) is 12.7. The van der Waals surface area contributed by atoms with Crippen molar-refractivity contribution in [1.82, 2.24) is 19.5 Å². The summed E-state index contributed by atoms with van der Waals surface area (Å²) in [6, 6.07) is 0. The van der Waals surface area contributed by atoms with Crippen molar-refractivity contribution in [3.63, 3.8) is 0 Å². The Morgan fingerprint density at radius 1 is 1.22 bits per heavy atom. The van der Waals surface area contributed by atoms with Gasteiger partial charge < -0.3 is 4.74 Å². The number of rotatable bonds is 1. The Kier molecular flexibility index (Phi) is 2.95. The second-order valence-electron chi connectivity index (χ2n) is 4.60. The van der Waals surface area contributed by atoms with Crippen LogP contribution in [-0.4, -0.2) is 26.1 Å². The molecule has 18 heavy (non-hydrogen) atoms. The molecule has 3 rings (SSSR count). The van der Waals surface area contributed by atoms with Gasteiger partial charge in [-0.25, -0.2) is 9.97 Å². The highest BCUT2D eigenvalue weighted by molar-refractivity contribution is 6.28. The predicted molar refractivity (Wildman–Crippen MR) is 68.6 cm³/mol. The molecule has 1 saturated heterocycles. The molecule has 0 aromatic carbocycles. The summed E-state index contributed by atoms with van der Waals surface area (Å²) >= 11 is 5.94. The maximum atomic E-state index is 5.94. The topological polar surface area (TPSA) is 52.8 Å². The van der Waals surface area contributed by atoms with Crippen LogP contribution in [0.3, 0.4) is 0 Å². The van der Waals surface area contributed by atoms with Crippen LogP contribution in [0, 0.1) is 13.8 Å². The zero-order valence-corrected chi connectivity index (χ0v) is 11.2. The van der Waals surface area contributed by atoms with Gasteiger partial charge in [-0.1, -0.05) is 0 Å². The van der Waals surface area contributed by atoms with Gasteiger partial charge in [0.15, 0.2) is 5.65 Å². The van der Waals surface area contributed by atoms with Crippen LogP contribution in [0.25, 0.3) is 11.2 Å². The number of nitrogens with zero attached hydrogens (tertiary/aromatic N) is 4. The molecule has 1 fully saturated rings. The third-order valence-corrected chi connectivity index (χ3v) is 3.48. The van der Waals surface area contributed by atoms with Gasteiger partial charge in [-0.15, -0.1) is 0 Å². The van der Waals surface area contributed by atoms with Crippen LogP contribution in [0.2, 0.25) is 5.28 Å². The lowest BCUT2D eigenvalue weighted by atomic mass is 10.2. The lowest BCUT2D eigenvalue weighted by Gasteiger charge is -2.24. The first-order valence-corrected chi connectivity index (χ1v) is 6.55. The van der Waals surface area contributed by atoms with E-state index in [-0.39, 0.29) is 11.5 Å². The minimum Gasteiger partial charge on any atom is -0.358 e. The van der Waals surface area contributed by atoms with E-state index in [1.807, 2.05) is 18.4 Å². The molecule has 0 amide bonds. The van der Waals surface area contributed by atoms with E-state index in [2.05, 4.69) is 15.0 Å². The van der Waals surface area contributed by atoms with E-state index in [1.54, 1.807) is 0 Å². The lowest BCUT2D eigenvalue weighted by molar-refractivity contribution is -0.0309. The average Bonchev–Trinajstić information content (AvgIpc) is 2.67. The summed E-state index contributed by atoms with van der Waals surface area (Å²) in [7, 11) is 0. The number of aryl methyl sites for hydroxylation is 2. The van der Waals surface area contributed by atoms with Crippen LogP contribution in [0.5, 0.6) is 0 Å². The first-order valence-electron chi connectivity index (χ1n) is 6.17. The van der Waals surface area contributed by atoms with E-state index in [0.29, 0.717) is 0 Å². The van der Waals surface area contributed by atoms with Crippen LogP contribution >= 0.6 is 11.6 Å². The Bertz CT molecular complexity index is 589. The minimum absolute atomic E-state index is 0.0223. The van der Waals surface area contributed by atoms with Gasteiger partial charge in [0.25, 0.3) is 0 Å². The third-order valence-electron chi connectivity index (χ3n) is 3.31. The van der Waals surface area contributed by atoms with Gasteiger partial charge in [0.1, 0.15) is 17.6 Å². The van der Waals surface area contributed by atoms with Crippen molar-refractivity contribution in [3.8, 4) is 0 Å². The highest BCUT2D eigenvalue weighted by Crippen LogP contribution is 2.28. The highest BCUT2D eigenvalue weighted by atomic mass is 35.5. The fraction of sp³-hybridized carbons (Fsp3) is 0.583. The van der Waals surface area contributed by atoms with Gasteiger partial charge >= 0.3 is 0 Å². The molecule has 1 aliphatic rings. The molecule has 0 aliphatic carbocycles. The third kappa shape index (κ3) is 1.87. The molecule has 0 bridgehead atoms. The van der Waals surface area contributed by atoms with Gasteiger partial charge in [0.2, 0.25) is 5.28 Å². The molecule has 0 spiro atoms. The standard InChI is InChI=1S/C12H15ClN4O/c1-7-10-11(16-12(13)14-7)17(8(2)15-10)9-5-3-4-6-18-9/h9H,3-6H2,1-2H3. The van der Waals surface area contributed by atoms with Crippen molar-refractivity contribution in [2.45, 2.75) is 39.3 Å². The summed E-state index contributed by atoms with van der Waals surface area (Å²) in [6.45, 7) is 4.66. The van der Waals surface area contributed by atoms with Crippen LogP contribution < -0.4 is 0 Å². The largest absolute Gasteiger partial charge is 0.358 e. The fourth-order valence-corrected chi connectivity index (χ4v) is 2.67. The van der Waals surface area contributed by atoms with Crippen molar-refractivity contribution < 1.29 is 4.74 Å². The smallest absolute Gasteiger partial charge is 0.224 e. The minimum atomic E-state index is 0.0223. The van der Waals surface area contributed by atoms with Crippen LogP contribution in [0.1, 0.15) is 37.0 Å². The molecule has 1 unspecified atom stereocenters. The molecule has 5 nitrogen and oxygen atoms in total. The van der Waals surface area contributed by atoms with Crippen LogP contribution in [0.4, 0.5) is 0 Å². The second-order valence-corrected chi connectivity index (χ2v) is 4.94. The normalized spacial score (nSPS) is 20.5. The molecule has 2 aromatic heterocycles. The number of fused-ring (bicyclic) bond motifs is 1. The molecule has 0 radical (unpaired) electrons. The summed E-state index contributed by atoms with van der Waals surface area (Å²) in [4.78, 5) is 13.0. The van der Waals surface area contributed by atoms with Crippen LogP contribution in [-0.2, 0) is 4.74 Å². The molecule has 96 valence electrons. The summed E-state index contributed by atoms with van der Waals surface area (Å²) < 4.78 is 7.85. The number of halogens is 1. The molecular weight excluding hydrogens is 252 g/mol. The van der Waals surface area contributed by atoms with E-state index in [9.17, 15) is 0 Å². The van der Waals surface area contributed by atoms with Gasteiger partial charge in [-0.2, -0.15) is 4.98 Å². The van der Waals surface area contributed by atoms with Gasteiger partial charge in [-0.3, -0.25) is 4.57 Å². The van der Waals surface area contributed by atoms with Crippen molar-refractivity contribution in [2.24, 2.45) is 0 Å². The van der Waals surface area contributed by atoms with E-state index in [0.717, 1.165) is 42.1 Å². The highest BCUT2D eigenvalue weighted by Gasteiger charge is 2.22. The van der Waals surface area contributed by atoms with E-state index < -0.39 is 0 Å². The summed E-state index contributed by atoms with van der Waals surface area (Å²) in [5.74, 6) is 0.900. The molecule has 0 saturated carbocycles. The molecule has 2 aromatic rings. The first kappa shape index (κ1) is 11.9. The van der Waals surface area contributed by atoms with Crippen molar-refractivity contribution in [1.29, 1.82) is 0 Å². The maximum absolute atomic E-state index is 5.94. The quantitative estimate of drug-likeness (QED) is 0.745. The number of ether oxygens (including phenoxy) is 1. The Labute approximate surface area is 110 Å². The maximum Gasteiger partial charge on any atom is 0.224 e. The number of imidazole rings is 1. The Morgan fingerprint density at radius 2 is 2.06 bits per heavy atom. The van der Waals surface area contributed by atoms with Crippen molar-refractivity contribution in [3.05, 3.63) is 16.8 Å². The molecule has 6 heteroatoms. The summed E-state index contributed by atoms with van der Waals surface area (Å²) in [5, 5.41) is 0.261. The number of hydrogen-bond donors (Lipinski definition) is 0. The Morgan fingerprint density at radius 3 is 2.78 bits per heavy atom. The van der Waals surface area contributed by atoms with Gasteiger partial charge in [0.05, 0.1) is 5.69 Å². The second kappa shape index (κ2) is 4.48. The van der Waals surface area contributed by atoms with E-state index in [1.165, 1.54) is 6.42 Å². The molecule has 0 N–H and O–H groups in total.